The number of epoxide rings is 1. The summed E-state index contributed by atoms with van der Waals surface area (Å²) in [6.45, 7) is 9.10. The van der Waals surface area contributed by atoms with Gasteiger partial charge in [0.2, 0.25) is 0 Å². The van der Waals surface area contributed by atoms with E-state index in [1.165, 1.54) is 14.0 Å². The lowest BCUT2D eigenvalue weighted by Gasteiger charge is -2.23. The number of hydrogen-bond acceptors (Lipinski definition) is 8. The molecule has 0 aromatic carbocycles. The van der Waals surface area contributed by atoms with Crippen LogP contribution in [0.1, 0.15) is 61.6 Å². The zero-order chi connectivity index (χ0) is 22.5. The van der Waals surface area contributed by atoms with Gasteiger partial charge in [-0.3, -0.25) is 4.79 Å². The molecule has 3 aliphatic rings. The van der Waals surface area contributed by atoms with Crippen molar-refractivity contribution in [2.75, 3.05) is 7.11 Å². The highest BCUT2D eigenvalue weighted by Crippen LogP contribution is 2.54. The lowest BCUT2D eigenvalue weighted by atomic mass is 9.87. The fourth-order valence-electron chi connectivity index (χ4n) is 4.39. The Morgan fingerprint density at radius 3 is 2.68 bits per heavy atom. The standard InChI is InChI=1S/C23H26O8/c1-11(2)13-6-17(28-12(3)24)15-8-14(29-22(15)26)10-23(4)20(31-23)19-9-16(21(25)27-5)18(7-13)30-19/h8-9,13-14,17,20H,1,6-7,10H2,2-5H3/t13-,14-,17-,20+,23-/m0/s1. The van der Waals surface area contributed by atoms with Gasteiger partial charge in [0.1, 0.15) is 41.0 Å². The van der Waals surface area contributed by atoms with Gasteiger partial charge in [0, 0.05) is 19.8 Å². The van der Waals surface area contributed by atoms with Crippen LogP contribution in [0.25, 0.3) is 0 Å². The molecular formula is C23H26O8. The van der Waals surface area contributed by atoms with E-state index in [9.17, 15) is 14.4 Å². The third-order valence-electron chi connectivity index (χ3n) is 6.12. The fourth-order valence-corrected chi connectivity index (χ4v) is 4.39. The normalized spacial score (nSPS) is 31.7. The Morgan fingerprint density at radius 1 is 1.29 bits per heavy atom. The molecule has 1 saturated heterocycles. The van der Waals surface area contributed by atoms with E-state index < -0.39 is 35.7 Å². The van der Waals surface area contributed by atoms with E-state index in [4.69, 9.17) is 23.4 Å². The summed E-state index contributed by atoms with van der Waals surface area (Å²) in [7, 11) is 1.31. The number of carbonyl (C=O) groups excluding carboxylic acids is 3. The first kappa shape index (κ1) is 21.4. The van der Waals surface area contributed by atoms with Crippen LogP contribution in [-0.4, -0.2) is 42.8 Å². The zero-order valence-electron chi connectivity index (χ0n) is 18.1. The number of carbonyl (C=O) groups is 3. The molecule has 1 fully saturated rings. The van der Waals surface area contributed by atoms with Gasteiger partial charge in [0.25, 0.3) is 0 Å². The van der Waals surface area contributed by atoms with Gasteiger partial charge >= 0.3 is 17.9 Å². The number of ether oxygens (including phenoxy) is 4. The molecule has 0 radical (unpaired) electrons. The van der Waals surface area contributed by atoms with E-state index in [1.54, 1.807) is 12.1 Å². The minimum absolute atomic E-state index is 0.230. The molecule has 4 rings (SSSR count). The van der Waals surface area contributed by atoms with Crippen molar-refractivity contribution in [2.45, 2.75) is 63.9 Å². The van der Waals surface area contributed by atoms with Crippen molar-refractivity contribution in [3.05, 3.63) is 47.0 Å². The molecule has 31 heavy (non-hydrogen) atoms. The van der Waals surface area contributed by atoms with Gasteiger partial charge in [-0.05, 0) is 38.3 Å². The van der Waals surface area contributed by atoms with Gasteiger partial charge in [0.05, 0.1) is 12.7 Å². The minimum atomic E-state index is -0.794. The molecule has 0 unspecified atom stereocenters. The molecule has 4 heterocycles. The molecule has 5 atom stereocenters. The summed E-state index contributed by atoms with van der Waals surface area (Å²) in [6.07, 6.45) is 1.09. The van der Waals surface area contributed by atoms with Crippen LogP contribution in [0.5, 0.6) is 0 Å². The molecule has 1 aromatic rings. The molecule has 0 aliphatic carbocycles. The predicted molar refractivity (Wildman–Crippen MR) is 107 cm³/mol. The van der Waals surface area contributed by atoms with Gasteiger partial charge < -0.3 is 23.4 Å². The molecule has 3 aliphatic heterocycles. The summed E-state index contributed by atoms with van der Waals surface area (Å²) in [5, 5.41) is 0. The Morgan fingerprint density at radius 2 is 2.03 bits per heavy atom. The first-order valence-electron chi connectivity index (χ1n) is 10.3. The van der Waals surface area contributed by atoms with Crippen molar-refractivity contribution in [2.24, 2.45) is 5.92 Å². The highest BCUT2D eigenvalue weighted by molar-refractivity contribution is 5.92. The van der Waals surface area contributed by atoms with Crippen molar-refractivity contribution in [1.82, 2.24) is 0 Å². The van der Waals surface area contributed by atoms with Crippen LogP contribution in [-0.2, 0) is 35.0 Å². The van der Waals surface area contributed by atoms with Gasteiger partial charge in [-0.1, -0.05) is 12.2 Å². The van der Waals surface area contributed by atoms with Crippen LogP contribution in [0.15, 0.2) is 34.3 Å². The van der Waals surface area contributed by atoms with Gasteiger partial charge in [-0.15, -0.1) is 0 Å². The van der Waals surface area contributed by atoms with Crippen LogP contribution >= 0.6 is 0 Å². The van der Waals surface area contributed by atoms with E-state index in [0.717, 1.165) is 5.57 Å². The Kier molecular flexibility index (Phi) is 5.29. The molecule has 1 aromatic heterocycles. The largest absolute Gasteiger partial charge is 0.465 e. The van der Waals surface area contributed by atoms with E-state index in [2.05, 4.69) is 6.58 Å². The maximum atomic E-state index is 12.6. The number of fused-ring (bicyclic) bond motifs is 5. The van der Waals surface area contributed by atoms with E-state index in [-0.39, 0.29) is 12.0 Å². The van der Waals surface area contributed by atoms with Crippen LogP contribution in [0.2, 0.25) is 0 Å². The molecular weight excluding hydrogens is 404 g/mol. The fraction of sp³-hybridized carbons (Fsp3) is 0.522. The van der Waals surface area contributed by atoms with Gasteiger partial charge in [0.15, 0.2) is 0 Å². The van der Waals surface area contributed by atoms with E-state index in [0.29, 0.717) is 41.9 Å². The smallest absolute Gasteiger partial charge is 0.341 e. The molecule has 0 spiro atoms. The van der Waals surface area contributed by atoms with Crippen molar-refractivity contribution >= 4 is 17.9 Å². The zero-order valence-corrected chi connectivity index (χ0v) is 18.1. The second kappa shape index (κ2) is 7.67. The van der Waals surface area contributed by atoms with E-state index in [1.807, 2.05) is 13.8 Å². The number of esters is 3. The Hall–Kier alpha value is -2.87. The lowest BCUT2D eigenvalue weighted by Crippen LogP contribution is -2.27. The number of allylic oxidation sites excluding steroid dienone is 1. The monoisotopic (exact) mass is 430 g/mol. The Bertz CT molecular complexity index is 986. The Balaban J connectivity index is 1.78. The van der Waals surface area contributed by atoms with E-state index >= 15 is 0 Å². The van der Waals surface area contributed by atoms with Crippen molar-refractivity contribution in [1.29, 1.82) is 0 Å². The van der Waals surface area contributed by atoms with Crippen molar-refractivity contribution < 1.29 is 37.7 Å². The first-order valence-corrected chi connectivity index (χ1v) is 10.3. The lowest BCUT2D eigenvalue weighted by molar-refractivity contribution is -0.147. The summed E-state index contributed by atoms with van der Waals surface area (Å²) in [5.74, 6) is -0.745. The summed E-state index contributed by atoms with van der Waals surface area (Å²) in [4.78, 5) is 36.7. The predicted octanol–water partition coefficient (Wildman–Crippen LogP) is 3.21. The van der Waals surface area contributed by atoms with Crippen molar-refractivity contribution in [3.63, 3.8) is 0 Å². The molecule has 8 heteroatoms. The maximum absolute atomic E-state index is 12.6. The summed E-state index contributed by atoms with van der Waals surface area (Å²) in [6, 6.07) is 1.66. The summed E-state index contributed by atoms with van der Waals surface area (Å²) >= 11 is 0. The Labute approximate surface area is 180 Å². The highest BCUT2D eigenvalue weighted by Gasteiger charge is 2.57. The van der Waals surface area contributed by atoms with Crippen molar-refractivity contribution in [3.8, 4) is 0 Å². The molecule has 4 bridgehead atoms. The first-order chi connectivity index (χ1) is 14.6. The topological polar surface area (TPSA) is 105 Å². The van der Waals surface area contributed by atoms with Crippen LogP contribution in [0, 0.1) is 5.92 Å². The third kappa shape index (κ3) is 4.04. The van der Waals surface area contributed by atoms with Gasteiger partial charge in [-0.2, -0.15) is 0 Å². The number of furan rings is 1. The highest BCUT2D eigenvalue weighted by atomic mass is 16.6. The number of methoxy groups -OCH3 is 1. The quantitative estimate of drug-likeness (QED) is 0.312. The van der Waals surface area contributed by atoms with Gasteiger partial charge in [-0.25, -0.2) is 9.59 Å². The third-order valence-corrected chi connectivity index (χ3v) is 6.12. The molecule has 0 N–H and O–H groups in total. The molecule has 8 nitrogen and oxygen atoms in total. The second-order valence-corrected chi connectivity index (χ2v) is 8.64. The number of rotatable bonds is 3. The minimum Gasteiger partial charge on any atom is -0.465 e. The van der Waals surface area contributed by atoms with Crippen LogP contribution < -0.4 is 0 Å². The summed E-state index contributed by atoms with van der Waals surface area (Å²) in [5.41, 5.74) is 0.839. The second-order valence-electron chi connectivity index (χ2n) is 8.64. The average molecular weight is 430 g/mol. The molecule has 166 valence electrons. The summed E-state index contributed by atoms with van der Waals surface area (Å²) < 4.78 is 27.9. The number of hydrogen-bond donors (Lipinski definition) is 0. The average Bonchev–Trinajstić information content (AvgIpc) is 3.00. The van der Waals surface area contributed by atoms with Crippen LogP contribution in [0.4, 0.5) is 0 Å². The molecule has 0 saturated carbocycles. The van der Waals surface area contributed by atoms with Crippen LogP contribution in [0.3, 0.4) is 0 Å². The maximum Gasteiger partial charge on any atom is 0.341 e. The molecule has 0 amide bonds. The SMILES string of the molecule is C=C(C)[C@@H]1Cc2oc(cc2C(=O)OC)[C@H]2O[C@@]2(C)C[C@@H]2C=C(C(=O)O2)[C@@H](OC(C)=O)C1.